The van der Waals surface area contributed by atoms with Crippen LogP contribution in [0.15, 0.2) is 510 Å². The highest BCUT2D eigenvalue weighted by atomic mass is 31.2. The first-order valence-corrected chi connectivity index (χ1v) is 58.8. The highest BCUT2D eigenvalue weighted by molar-refractivity contribution is 7.97. The maximum absolute atomic E-state index is 2.51. The molecule has 24 rings (SSSR count). The van der Waals surface area contributed by atoms with E-state index in [9.17, 15) is 0 Å². The van der Waals surface area contributed by atoms with Gasteiger partial charge in [0.15, 0.2) is 17.7 Å². The van der Waals surface area contributed by atoms with E-state index in [2.05, 4.69) is 611 Å². The number of pyridine rings is 4. The zero-order valence-electron chi connectivity index (χ0n) is 84.1. The Labute approximate surface area is 850 Å². The van der Waals surface area contributed by atoms with E-state index < -0.39 is 29.0 Å². The fourth-order valence-electron chi connectivity index (χ4n) is 22.7. The molecular weight excluding hydrogens is 1810 g/mol. The summed E-state index contributed by atoms with van der Waals surface area (Å²) in [5, 5.41) is 35.4. The van der Waals surface area contributed by atoms with Crippen LogP contribution in [0.2, 0.25) is 0 Å². The minimum atomic E-state index is -1.97. The minimum absolute atomic E-state index is 1.23. The zero-order chi connectivity index (χ0) is 98.8. The summed E-state index contributed by atoms with van der Waals surface area (Å²) in [5.41, 5.74) is 18.0. The van der Waals surface area contributed by atoms with E-state index in [-0.39, 0.29) is 0 Å². The van der Waals surface area contributed by atoms with Crippen molar-refractivity contribution >= 4 is 179 Å². The molecule has 0 spiro atoms. The van der Waals surface area contributed by atoms with Gasteiger partial charge in [0.2, 0.25) is 28.3 Å². The average molecular weight is 1930 g/mol. The van der Waals surface area contributed by atoms with Gasteiger partial charge in [-0.3, -0.25) is 0 Å². The molecule has 24 aromatic rings. The van der Waals surface area contributed by atoms with Crippen LogP contribution in [0.3, 0.4) is 0 Å². The lowest BCUT2D eigenvalue weighted by molar-refractivity contribution is -0.660. The van der Waals surface area contributed by atoms with E-state index in [1.807, 2.05) is 0 Å². The number of fused-ring (bicyclic) bond motifs is 8. The molecule has 0 N–H and O–H groups in total. The molecule has 0 unspecified atom stereocenters. The minimum Gasteiger partial charge on any atom is -0.201 e. The van der Waals surface area contributed by atoms with Gasteiger partial charge in [-0.05, 0) is 270 Å². The normalized spacial score (nSPS) is 11.8. The van der Waals surface area contributed by atoms with Gasteiger partial charge in [-0.25, -0.2) is 9.13 Å². The van der Waals surface area contributed by atoms with Crippen molar-refractivity contribution in [1.29, 1.82) is 0 Å². The quantitative estimate of drug-likeness (QED) is 0.0521. The lowest BCUT2D eigenvalue weighted by Gasteiger charge is -2.27. The van der Waals surface area contributed by atoms with Crippen molar-refractivity contribution in [3.63, 3.8) is 0 Å². The molecule has 0 saturated heterocycles. The molecule has 144 heavy (non-hydrogen) atoms. The van der Waals surface area contributed by atoms with Gasteiger partial charge in [0.05, 0.1) is 43.0 Å². The Kier molecular flexibility index (Phi) is 26.8. The Morgan fingerprint density at radius 1 is 0.194 bits per heavy atom. The van der Waals surface area contributed by atoms with E-state index >= 15 is 0 Å². The second kappa shape index (κ2) is 40.7. The van der Waals surface area contributed by atoms with E-state index in [4.69, 9.17) is 0 Å². The standard InChI is InChI=1S/4C34H30NP/c1-25-30(32-20-12-13-23-35(32)2)22-21-27-24-26-14-10-11-19-31(26)34(33(25)27)36(3,28-15-6-4-7-16-28)29-17-8-5-9-18-29;1-25-30(32-24-22-26-13-10-11-19-31(26)35(32)2)23-21-27-14-12-20-33(34(25)27)36(3,28-15-6-4-7-16-28)29-17-8-5-9-18-29;1-25-30(34-31-19-11-10-13-26(31)23-24-35(34)2)22-21-27-14-12-20-32(33(25)27)36(3,28-15-6-4-7-16-28)29-17-8-5-9-18-29;1-25-23-27-13-10-11-14-28(27)24-31(25)32-22-21-26-15-12-20-33(34(26)35(32)2)36(3,29-16-6-4-7-17-29)30-18-8-5-9-19-30/h4*4-24H,1-3H3/q4*+2. The summed E-state index contributed by atoms with van der Waals surface area (Å²) < 4.78 is 9.24. The molecule has 0 saturated carbocycles. The Morgan fingerprint density at radius 2 is 0.542 bits per heavy atom. The molecule has 4 aromatic heterocycles. The lowest BCUT2D eigenvalue weighted by atomic mass is 9.95. The van der Waals surface area contributed by atoms with Crippen molar-refractivity contribution in [3.8, 4) is 45.0 Å². The van der Waals surface area contributed by atoms with Crippen LogP contribution in [-0.4, -0.2) is 26.7 Å². The summed E-state index contributed by atoms with van der Waals surface area (Å²) in [6.07, 6.45) is 4.31. The van der Waals surface area contributed by atoms with Crippen molar-refractivity contribution in [3.05, 3.63) is 532 Å². The number of aromatic nitrogens is 4. The summed E-state index contributed by atoms with van der Waals surface area (Å²) in [4.78, 5) is 0. The Bertz CT molecular complexity index is 8550. The van der Waals surface area contributed by atoms with Gasteiger partial charge in [-0.15, -0.1) is 0 Å². The third-order valence-electron chi connectivity index (χ3n) is 30.4. The van der Waals surface area contributed by atoms with Gasteiger partial charge in [-0.2, -0.15) is 9.13 Å². The molecular formula is C136H120N4P4+8. The molecule has 0 fully saturated rings. The average Bonchev–Trinajstić information content (AvgIpc) is 0.716. The molecule has 0 aliphatic heterocycles. The predicted molar refractivity (Wildman–Crippen MR) is 630 cm³/mol. The van der Waals surface area contributed by atoms with Gasteiger partial charge < -0.3 is 0 Å². The number of hydrogen-bond donors (Lipinski definition) is 0. The second-order valence-corrected chi connectivity index (χ2v) is 52.7. The SMILES string of the molecule is Cc1c(-c2c3ccccc3cc[n+]2C)ccc2cccc([P+](C)(c3ccccc3)c3ccccc3)c12.Cc1c(-c2ccc3ccccc3[n+]2C)ccc2cccc([P+](C)(c3ccccc3)c3ccccc3)c12.Cc1c(-c2cccc[n+]2C)ccc2cc3ccccc3c([P+](C)(c3ccccc3)c3ccccc3)c12.Cc1cc2ccccc2cc1-c1ccc2cccc([P+](C)(c3ccccc3)c3ccccc3)c2[n+]1C. The molecule has 8 heteroatoms. The van der Waals surface area contributed by atoms with Crippen molar-refractivity contribution in [2.75, 3.05) is 26.7 Å². The molecule has 4 heterocycles. The smallest absolute Gasteiger partial charge is 0.201 e. The number of aryl methyl sites for hydroxylation is 8. The number of benzene rings is 20. The molecule has 0 atom stereocenters. The fourth-order valence-corrected chi connectivity index (χ4v) is 37.0. The van der Waals surface area contributed by atoms with E-state index in [1.165, 1.54) is 217 Å². The molecule has 0 radical (unpaired) electrons. The molecule has 696 valence electrons. The van der Waals surface area contributed by atoms with Crippen molar-refractivity contribution in [2.24, 2.45) is 28.2 Å². The van der Waals surface area contributed by atoms with Gasteiger partial charge in [0.25, 0.3) is 5.52 Å². The van der Waals surface area contributed by atoms with Crippen LogP contribution >= 0.6 is 29.0 Å². The number of para-hydroxylation sites is 2. The van der Waals surface area contributed by atoms with Crippen LogP contribution in [0.25, 0.3) is 131 Å². The van der Waals surface area contributed by atoms with Gasteiger partial charge in [0, 0.05) is 80.0 Å². The molecule has 0 aliphatic rings. The monoisotopic (exact) mass is 1930 g/mol. The second-order valence-electron chi connectivity index (χ2n) is 38.6. The van der Waals surface area contributed by atoms with Gasteiger partial charge in [-0.1, -0.05) is 279 Å². The molecule has 4 nitrogen and oxygen atoms in total. The third kappa shape index (κ3) is 17.4. The highest BCUT2D eigenvalue weighted by Crippen LogP contribution is 2.59. The van der Waals surface area contributed by atoms with E-state index in [0.29, 0.717) is 0 Å². The Hall–Kier alpha value is -15.2. The van der Waals surface area contributed by atoms with Crippen molar-refractivity contribution in [2.45, 2.75) is 27.7 Å². The summed E-state index contributed by atoms with van der Waals surface area (Å²) in [5.74, 6) is 0. The Morgan fingerprint density at radius 3 is 1.03 bits per heavy atom. The first-order chi connectivity index (χ1) is 70.3. The highest BCUT2D eigenvalue weighted by Gasteiger charge is 2.48. The van der Waals surface area contributed by atoms with Crippen LogP contribution in [0.1, 0.15) is 22.3 Å². The van der Waals surface area contributed by atoms with E-state index in [1.54, 1.807) is 0 Å². The molecule has 0 aliphatic carbocycles. The van der Waals surface area contributed by atoms with Gasteiger partial charge >= 0.3 is 0 Å². The summed E-state index contributed by atoms with van der Waals surface area (Å²) in [6, 6.07) is 183. The van der Waals surface area contributed by atoms with Crippen LogP contribution in [-0.2, 0) is 28.2 Å². The van der Waals surface area contributed by atoms with Gasteiger partial charge in [0.1, 0.15) is 116 Å². The summed E-state index contributed by atoms with van der Waals surface area (Å²) >= 11 is 0. The molecule has 20 aromatic carbocycles. The van der Waals surface area contributed by atoms with Crippen molar-refractivity contribution < 1.29 is 18.3 Å². The first kappa shape index (κ1) is 95.0. The number of nitrogens with zero attached hydrogens (tertiary/aromatic N) is 4. The van der Waals surface area contributed by atoms with Crippen LogP contribution in [0.4, 0.5) is 0 Å². The molecule has 0 bridgehead atoms. The summed E-state index contributed by atoms with van der Waals surface area (Å²) in [6.45, 7) is 19.1. The first-order valence-electron chi connectivity index (χ1n) is 49.9. The molecule has 0 amide bonds. The van der Waals surface area contributed by atoms with Crippen molar-refractivity contribution in [1.82, 2.24) is 0 Å². The third-order valence-corrected chi connectivity index (χ3v) is 46.4. The maximum atomic E-state index is 2.51. The maximum Gasteiger partial charge on any atom is 0.256 e. The lowest BCUT2D eigenvalue weighted by Crippen LogP contribution is -2.40. The Balaban J connectivity index is 0.000000113. The van der Waals surface area contributed by atoms with Crippen LogP contribution in [0.5, 0.6) is 0 Å². The predicted octanol–water partition coefficient (Wildman–Crippen LogP) is 26.9. The largest absolute Gasteiger partial charge is 0.256 e. The fraction of sp³-hybridized carbons (Fsp3) is 0.0882. The van der Waals surface area contributed by atoms with E-state index in [0.717, 1.165) is 0 Å². The van der Waals surface area contributed by atoms with Crippen LogP contribution < -0.4 is 81.9 Å². The number of rotatable bonds is 16. The number of hydrogen-bond acceptors (Lipinski definition) is 0. The topological polar surface area (TPSA) is 15.5 Å². The zero-order valence-corrected chi connectivity index (χ0v) is 87.7. The van der Waals surface area contributed by atoms with Crippen LogP contribution in [0, 0.1) is 27.7 Å². The summed E-state index contributed by atoms with van der Waals surface area (Å²) in [7, 11) is 1.09.